The first-order valence-electron chi connectivity index (χ1n) is 5.86. The normalized spacial score (nSPS) is 21.9. The van der Waals surface area contributed by atoms with Gasteiger partial charge in [0.05, 0.1) is 0 Å². The second-order valence-electron chi connectivity index (χ2n) is 4.50. The van der Waals surface area contributed by atoms with E-state index in [-0.39, 0.29) is 11.8 Å². The van der Waals surface area contributed by atoms with Gasteiger partial charge in [-0.2, -0.15) is 0 Å². The van der Waals surface area contributed by atoms with Gasteiger partial charge in [0.1, 0.15) is 6.04 Å². The molecular weight excluding hydrogens is 244 g/mol. The fraction of sp³-hybridized carbons (Fsp3) is 0.818. The first-order chi connectivity index (χ1) is 8.04. The van der Waals surface area contributed by atoms with Crippen molar-refractivity contribution >= 4 is 23.5 Å². The molecule has 3 N–H and O–H groups in total. The number of hydrogen-bond donors (Lipinski definition) is 2. The number of amides is 1. The average Bonchev–Trinajstić information content (AvgIpc) is 2.65. The van der Waals surface area contributed by atoms with Gasteiger partial charge in [-0.15, -0.1) is 11.6 Å². The molecule has 0 aromatic rings. The summed E-state index contributed by atoms with van der Waals surface area (Å²) >= 11 is 5.72. The van der Waals surface area contributed by atoms with Gasteiger partial charge in [-0.3, -0.25) is 9.59 Å². The molecule has 0 aliphatic carbocycles. The molecule has 0 saturated carbocycles. The first kappa shape index (κ1) is 14.3. The summed E-state index contributed by atoms with van der Waals surface area (Å²) in [5.41, 5.74) is 5.38. The minimum atomic E-state index is -0.968. The van der Waals surface area contributed by atoms with Crippen molar-refractivity contribution in [2.24, 2.45) is 11.7 Å². The van der Waals surface area contributed by atoms with Crippen LogP contribution in [0.5, 0.6) is 0 Å². The zero-order valence-corrected chi connectivity index (χ0v) is 10.5. The second kappa shape index (κ2) is 6.81. The molecule has 0 aromatic carbocycles. The Balaban J connectivity index is 2.15. The van der Waals surface area contributed by atoms with Gasteiger partial charge in [0.25, 0.3) is 0 Å². The van der Waals surface area contributed by atoms with E-state index in [1.54, 1.807) is 4.90 Å². The van der Waals surface area contributed by atoms with E-state index in [4.69, 9.17) is 22.4 Å². The molecule has 1 rings (SSSR count). The quantitative estimate of drug-likeness (QED) is 0.521. The third kappa shape index (κ3) is 4.52. The number of carbonyl (C=O) groups is 2. The summed E-state index contributed by atoms with van der Waals surface area (Å²) in [7, 11) is 0. The molecule has 0 radical (unpaired) electrons. The van der Waals surface area contributed by atoms with Gasteiger partial charge in [0, 0.05) is 25.4 Å². The molecule has 1 saturated heterocycles. The van der Waals surface area contributed by atoms with Crippen LogP contribution in [0.1, 0.15) is 25.7 Å². The van der Waals surface area contributed by atoms with Crippen molar-refractivity contribution in [1.29, 1.82) is 0 Å². The number of carbonyl (C=O) groups excluding carboxylic acids is 1. The molecule has 2 unspecified atom stereocenters. The van der Waals surface area contributed by atoms with Crippen molar-refractivity contribution in [2.75, 3.05) is 19.0 Å². The van der Waals surface area contributed by atoms with Gasteiger partial charge in [0.2, 0.25) is 5.91 Å². The Bertz CT molecular complexity index is 286. The second-order valence-corrected chi connectivity index (χ2v) is 4.81. The Labute approximate surface area is 106 Å². The molecule has 1 fully saturated rings. The monoisotopic (exact) mass is 262 g/mol. The molecule has 17 heavy (non-hydrogen) atoms. The van der Waals surface area contributed by atoms with Gasteiger partial charge in [-0.25, -0.2) is 0 Å². The molecule has 1 amide bonds. The lowest BCUT2D eigenvalue weighted by atomic mass is 10.1. The van der Waals surface area contributed by atoms with E-state index >= 15 is 0 Å². The summed E-state index contributed by atoms with van der Waals surface area (Å²) in [5, 5.41) is 8.60. The minimum absolute atomic E-state index is 0.151. The maximum atomic E-state index is 11.5. The highest BCUT2D eigenvalue weighted by molar-refractivity contribution is 6.18. The van der Waals surface area contributed by atoms with Crippen molar-refractivity contribution in [2.45, 2.75) is 31.7 Å². The fourth-order valence-electron chi connectivity index (χ4n) is 1.96. The van der Waals surface area contributed by atoms with Crippen molar-refractivity contribution in [3.8, 4) is 0 Å². The highest BCUT2D eigenvalue weighted by Gasteiger charge is 2.28. The molecule has 98 valence electrons. The number of rotatable bonds is 7. The molecule has 6 heteroatoms. The number of carboxylic acid groups (broad SMARTS) is 1. The van der Waals surface area contributed by atoms with E-state index in [2.05, 4.69) is 0 Å². The topological polar surface area (TPSA) is 83.6 Å². The smallest absolute Gasteiger partial charge is 0.320 e. The summed E-state index contributed by atoms with van der Waals surface area (Å²) in [5.74, 6) is -0.0281. The maximum absolute atomic E-state index is 11.5. The van der Waals surface area contributed by atoms with Crippen LogP contribution in [0.25, 0.3) is 0 Å². The number of hydrogen-bond acceptors (Lipinski definition) is 3. The number of carboxylic acids is 1. The van der Waals surface area contributed by atoms with E-state index in [1.807, 2.05) is 0 Å². The van der Waals surface area contributed by atoms with E-state index < -0.39 is 12.0 Å². The van der Waals surface area contributed by atoms with Gasteiger partial charge in [-0.05, 0) is 25.2 Å². The first-order valence-corrected chi connectivity index (χ1v) is 6.40. The summed E-state index contributed by atoms with van der Waals surface area (Å²) < 4.78 is 0. The minimum Gasteiger partial charge on any atom is -0.480 e. The molecule has 0 spiro atoms. The molecule has 1 heterocycles. The average molecular weight is 263 g/mol. The number of nitrogens with zero attached hydrogens (tertiary/aromatic N) is 1. The number of nitrogens with two attached hydrogens (primary N) is 1. The number of likely N-dealkylation sites (tertiary alicyclic amines) is 1. The summed E-state index contributed by atoms with van der Waals surface area (Å²) in [6.07, 6.45) is 2.51. The van der Waals surface area contributed by atoms with Crippen molar-refractivity contribution in [3.63, 3.8) is 0 Å². The number of alkyl halides is 1. The predicted octanol–water partition coefficient (Wildman–Crippen LogP) is 0.656. The van der Waals surface area contributed by atoms with Crippen LogP contribution in [0.2, 0.25) is 0 Å². The number of halogens is 1. The van der Waals surface area contributed by atoms with Crippen LogP contribution >= 0.6 is 11.6 Å². The van der Waals surface area contributed by atoms with Crippen LogP contribution in [0.15, 0.2) is 0 Å². The van der Waals surface area contributed by atoms with E-state index in [9.17, 15) is 9.59 Å². The van der Waals surface area contributed by atoms with Gasteiger partial charge >= 0.3 is 5.97 Å². The van der Waals surface area contributed by atoms with Gasteiger partial charge < -0.3 is 15.7 Å². The highest BCUT2D eigenvalue weighted by Crippen LogP contribution is 2.19. The summed E-state index contributed by atoms with van der Waals surface area (Å²) in [4.78, 5) is 23.8. The largest absolute Gasteiger partial charge is 0.480 e. The van der Waals surface area contributed by atoms with Gasteiger partial charge in [-0.1, -0.05) is 0 Å². The van der Waals surface area contributed by atoms with Crippen LogP contribution in [-0.4, -0.2) is 46.9 Å². The lowest BCUT2D eigenvalue weighted by molar-refractivity contribution is -0.138. The van der Waals surface area contributed by atoms with E-state index in [0.717, 1.165) is 19.4 Å². The Kier molecular flexibility index (Phi) is 5.71. The van der Waals surface area contributed by atoms with Crippen molar-refractivity contribution in [3.05, 3.63) is 0 Å². The van der Waals surface area contributed by atoms with Crippen molar-refractivity contribution < 1.29 is 14.7 Å². The standard InChI is InChI=1S/C11H19ClN2O3/c12-6-8-5-10(15)14(7-8)4-2-1-3-9(13)11(16)17/h8-9H,1-7,13H2,(H,16,17). The highest BCUT2D eigenvalue weighted by atomic mass is 35.5. The molecule has 1 aliphatic heterocycles. The molecule has 5 nitrogen and oxygen atoms in total. The molecule has 2 atom stereocenters. The fourth-order valence-corrected chi connectivity index (χ4v) is 2.17. The maximum Gasteiger partial charge on any atom is 0.320 e. The van der Waals surface area contributed by atoms with Crippen LogP contribution < -0.4 is 5.73 Å². The van der Waals surface area contributed by atoms with Crippen molar-refractivity contribution in [1.82, 2.24) is 4.90 Å². The Morgan fingerprint density at radius 1 is 1.59 bits per heavy atom. The van der Waals surface area contributed by atoms with Gasteiger partial charge in [0.15, 0.2) is 0 Å². The Morgan fingerprint density at radius 2 is 2.29 bits per heavy atom. The molecule has 0 bridgehead atoms. The summed E-state index contributed by atoms with van der Waals surface area (Å²) in [6.45, 7) is 1.41. The van der Waals surface area contributed by atoms with E-state index in [1.165, 1.54) is 0 Å². The van der Waals surface area contributed by atoms with Crippen LogP contribution in [-0.2, 0) is 9.59 Å². The third-order valence-electron chi connectivity index (χ3n) is 3.02. The zero-order chi connectivity index (χ0) is 12.8. The molecule has 1 aliphatic rings. The number of aliphatic carboxylic acids is 1. The predicted molar refractivity (Wildman–Crippen MR) is 64.9 cm³/mol. The van der Waals surface area contributed by atoms with E-state index in [0.29, 0.717) is 25.3 Å². The zero-order valence-electron chi connectivity index (χ0n) is 9.77. The number of unbranched alkanes of at least 4 members (excludes halogenated alkanes) is 1. The molecule has 0 aromatic heterocycles. The third-order valence-corrected chi connectivity index (χ3v) is 3.46. The van der Waals surface area contributed by atoms with Crippen LogP contribution in [0.4, 0.5) is 0 Å². The lowest BCUT2D eigenvalue weighted by Gasteiger charge is -2.16. The lowest BCUT2D eigenvalue weighted by Crippen LogP contribution is -2.30. The summed E-state index contributed by atoms with van der Waals surface area (Å²) in [6, 6.07) is -0.792. The Hall–Kier alpha value is -0.810. The Morgan fingerprint density at radius 3 is 2.82 bits per heavy atom. The molecular formula is C11H19ClN2O3. The SMILES string of the molecule is NC(CCCCN1CC(CCl)CC1=O)C(=O)O. The van der Waals surface area contributed by atoms with Crippen LogP contribution in [0.3, 0.4) is 0 Å². The van der Waals surface area contributed by atoms with Crippen LogP contribution in [0, 0.1) is 5.92 Å².